The van der Waals surface area contributed by atoms with Crippen LogP contribution < -0.4 is 15.2 Å². The average Bonchev–Trinajstić information content (AvgIpc) is 2.31. The first-order valence-corrected chi connectivity index (χ1v) is 5.68. The van der Waals surface area contributed by atoms with Gasteiger partial charge >= 0.3 is 0 Å². The Bertz CT molecular complexity index is 402. The van der Waals surface area contributed by atoms with Gasteiger partial charge in [0, 0.05) is 6.42 Å². The molecule has 0 saturated heterocycles. The van der Waals surface area contributed by atoms with E-state index in [9.17, 15) is 4.79 Å². The largest absolute Gasteiger partial charge is 0.496 e. The number of benzene rings is 1. The number of rotatable bonds is 6. The van der Waals surface area contributed by atoms with Crippen LogP contribution in [0.25, 0.3) is 0 Å². The van der Waals surface area contributed by atoms with Crippen molar-refractivity contribution in [1.82, 2.24) is 0 Å². The number of methoxy groups -OCH3 is 1. The zero-order valence-electron chi connectivity index (χ0n) is 10.6. The summed E-state index contributed by atoms with van der Waals surface area (Å²) in [6, 6.07) is 3.55. The summed E-state index contributed by atoms with van der Waals surface area (Å²) in [6.07, 6.45) is 0.311. The van der Waals surface area contributed by atoms with Crippen molar-refractivity contribution in [3.63, 3.8) is 0 Å². The maximum Gasteiger partial charge on any atom is 0.167 e. The molecule has 94 valence electrons. The number of carbonyl (C=O) groups excluding carboxylic acids is 1. The normalized spacial score (nSPS) is 10.1. The van der Waals surface area contributed by atoms with E-state index in [1.807, 2.05) is 19.9 Å². The van der Waals surface area contributed by atoms with Crippen LogP contribution in [0.1, 0.15) is 29.3 Å². The lowest BCUT2D eigenvalue weighted by atomic mass is 10.0. The highest BCUT2D eigenvalue weighted by Gasteiger charge is 2.14. The smallest absolute Gasteiger partial charge is 0.167 e. The van der Waals surface area contributed by atoms with Gasteiger partial charge in [-0.2, -0.15) is 0 Å². The maximum atomic E-state index is 11.9. The molecular formula is C13H19NO3. The molecule has 17 heavy (non-hydrogen) atoms. The van der Waals surface area contributed by atoms with E-state index in [4.69, 9.17) is 15.2 Å². The summed E-state index contributed by atoms with van der Waals surface area (Å²) < 4.78 is 10.7. The average molecular weight is 237 g/mol. The number of carbonyl (C=O) groups is 1. The summed E-state index contributed by atoms with van der Waals surface area (Å²) in [5.41, 5.74) is 6.88. The van der Waals surface area contributed by atoms with Crippen molar-refractivity contribution in [3.8, 4) is 11.5 Å². The van der Waals surface area contributed by atoms with E-state index in [0.717, 1.165) is 5.56 Å². The van der Waals surface area contributed by atoms with Crippen LogP contribution in [-0.4, -0.2) is 26.0 Å². The quantitative estimate of drug-likeness (QED) is 0.768. The molecule has 0 aromatic heterocycles. The van der Waals surface area contributed by atoms with E-state index in [1.54, 1.807) is 13.2 Å². The first-order valence-electron chi connectivity index (χ1n) is 5.68. The second-order valence-electron chi connectivity index (χ2n) is 3.71. The Labute approximate surface area is 102 Å². The Balaban J connectivity index is 3.16. The van der Waals surface area contributed by atoms with Crippen LogP contribution in [0.3, 0.4) is 0 Å². The molecule has 0 fully saturated rings. The number of hydrogen-bond acceptors (Lipinski definition) is 4. The van der Waals surface area contributed by atoms with Crippen molar-refractivity contribution < 1.29 is 14.3 Å². The molecule has 0 bridgehead atoms. The minimum absolute atomic E-state index is 0.0229. The molecule has 0 aliphatic heterocycles. The van der Waals surface area contributed by atoms with Gasteiger partial charge < -0.3 is 15.2 Å². The van der Waals surface area contributed by atoms with Crippen LogP contribution >= 0.6 is 0 Å². The summed E-state index contributed by atoms with van der Waals surface area (Å²) >= 11 is 0. The number of nitrogens with two attached hydrogens (primary N) is 1. The van der Waals surface area contributed by atoms with E-state index in [1.165, 1.54) is 0 Å². The van der Waals surface area contributed by atoms with Crippen molar-refractivity contribution in [1.29, 1.82) is 0 Å². The van der Waals surface area contributed by atoms with Gasteiger partial charge in [-0.25, -0.2) is 0 Å². The monoisotopic (exact) mass is 237 g/mol. The predicted molar refractivity (Wildman–Crippen MR) is 66.9 cm³/mol. The Kier molecular flexibility index (Phi) is 4.97. The summed E-state index contributed by atoms with van der Waals surface area (Å²) in [6.45, 7) is 4.73. The van der Waals surface area contributed by atoms with Gasteiger partial charge in [-0.15, -0.1) is 0 Å². The molecule has 0 heterocycles. The van der Waals surface area contributed by atoms with E-state index >= 15 is 0 Å². The van der Waals surface area contributed by atoms with Gasteiger partial charge in [0.15, 0.2) is 5.78 Å². The highest BCUT2D eigenvalue weighted by Crippen LogP contribution is 2.29. The standard InChI is InChI=1S/C13H19NO3/c1-4-17-12-8-10(11(15)5-6-14)13(16-3)7-9(12)2/h7-8H,4-6,14H2,1-3H3. The van der Waals surface area contributed by atoms with Gasteiger partial charge in [-0.1, -0.05) is 0 Å². The third-order valence-electron chi connectivity index (χ3n) is 2.47. The molecule has 0 aliphatic rings. The van der Waals surface area contributed by atoms with Crippen LogP contribution in [0.15, 0.2) is 12.1 Å². The first kappa shape index (κ1) is 13.5. The molecule has 2 N–H and O–H groups in total. The van der Waals surface area contributed by atoms with E-state index in [-0.39, 0.29) is 5.78 Å². The fraction of sp³-hybridized carbons (Fsp3) is 0.462. The summed E-state index contributed by atoms with van der Waals surface area (Å²) in [7, 11) is 1.55. The second-order valence-corrected chi connectivity index (χ2v) is 3.71. The predicted octanol–water partition coefficient (Wildman–Crippen LogP) is 1.93. The van der Waals surface area contributed by atoms with E-state index < -0.39 is 0 Å². The number of Topliss-reactive ketones (excluding diaryl/α,β-unsaturated/α-hetero) is 1. The number of ether oxygens (including phenoxy) is 2. The van der Waals surface area contributed by atoms with E-state index in [0.29, 0.717) is 36.6 Å². The van der Waals surface area contributed by atoms with Crippen LogP contribution in [-0.2, 0) is 0 Å². The molecule has 1 aromatic carbocycles. The molecule has 0 unspecified atom stereocenters. The highest BCUT2D eigenvalue weighted by molar-refractivity contribution is 5.99. The zero-order valence-corrected chi connectivity index (χ0v) is 10.6. The Morgan fingerprint density at radius 2 is 2.06 bits per heavy atom. The molecular weight excluding hydrogens is 218 g/mol. The minimum Gasteiger partial charge on any atom is -0.496 e. The molecule has 1 aromatic rings. The Morgan fingerprint density at radius 1 is 1.35 bits per heavy atom. The molecule has 0 saturated carbocycles. The van der Waals surface area contributed by atoms with Gasteiger partial charge in [0.2, 0.25) is 0 Å². The van der Waals surface area contributed by atoms with Gasteiger partial charge in [-0.05, 0) is 38.1 Å². The van der Waals surface area contributed by atoms with Crippen LogP contribution in [0.5, 0.6) is 11.5 Å². The fourth-order valence-electron chi connectivity index (χ4n) is 1.63. The topological polar surface area (TPSA) is 61.5 Å². The molecule has 1 rings (SSSR count). The maximum absolute atomic E-state index is 11.9. The van der Waals surface area contributed by atoms with Crippen LogP contribution in [0, 0.1) is 6.92 Å². The summed E-state index contributed by atoms with van der Waals surface area (Å²) in [4.78, 5) is 11.9. The summed E-state index contributed by atoms with van der Waals surface area (Å²) in [5.74, 6) is 1.27. The second kappa shape index (κ2) is 6.25. The van der Waals surface area contributed by atoms with Gasteiger partial charge in [0.05, 0.1) is 19.3 Å². The molecule has 0 atom stereocenters. The van der Waals surface area contributed by atoms with E-state index in [2.05, 4.69) is 0 Å². The van der Waals surface area contributed by atoms with Crippen molar-refractivity contribution in [3.05, 3.63) is 23.3 Å². The lowest BCUT2D eigenvalue weighted by Gasteiger charge is -2.13. The first-order chi connectivity index (χ1) is 8.13. The van der Waals surface area contributed by atoms with Crippen molar-refractivity contribution in [2.75, 3.05) is 20.3 Å². The number of aryl methyl sites for hydroxylation is 1. The number of hydrogen-bond donors (Lipinski definition) is 1. The molecule has 0 aliphatic carbocycles. The van der Waals surface area contributed by atoms with Crippen LogP contribution in [0.2, 0.25) is 0 Å². The van der Waals surface area contributed by atoms with Crippen LogP contribution in [0.4, 0.5) is 0 Å². The van der Waals surface area contributed by atoms with Gasteiger partial charge in [-0.3, -0.25) is 4.79 Å². The van der Waals surface area contributed by atoms with Crippen molar-refractivity contribution in [2.24, 2.45) is 5.73 Å². The molecule has 0 amide bonds. The molecule has 4 nitrogen and oxygen atoms in total. The zero-order chi connectivity index (χ0) is 12.8. The Morgan fingerprint density at radius 3 is 2.59 bits per heavy atom. The van der Waals surface area contributed by atoms with Gasteiger partial charge in [0.25, 0.3) is 0 Å². The summed E-state index contributed by atoms with van der Waals surface area (Å²) in [5, 5.41) is 0. The highest BCUT2D eigenvalue weighted by atomic mass is 16.5. The minimum atomic E-state index is -0.0229. The molecule has 0 spiro atoms. The molecule has 4 heteroatoms. The van der Waals surface area contributed by atoms with Gasteiger partial charge in [0.1, 0.15) is 11.5 Å². The van der Waals surface area contributed by atoms with Crippen molar-refractivity contribution in [2.45, 2.75) is 20.3 Å². The SMILES string of the molecule is CCOc1cc(C(=O)CCN)c(OC)cc1C. The lowest BCUT2D eigenvalue weighted by molar-refractivity contribution is 0.0982. The fourth-order valence-corrected chi connectivity index (χ4v) is 1.63. The number of ketones is 1. The van der Waals surface area contributed by atoms with Crippen molar-refractivity contribution >= 4 is 5.78 Å². The molecule has 0 radical (unpaired) electrons. The lowest BCUT2D eigenvalue weighted by Crippen LogP contribution is -2.10. The third kappa shape index (κ3) is 3.20. The third-order valence-corrected chi connectivity index (χ3v) is 2.47. The Hall–Kier alpha value is -1.55.